The molecule has 0 aliphatic carbocycles. The van der Waals surface area contributed by atoms with Gasteiger partial charge >= 0.3 is 6.18 Å². The fraction of sp³-hybridized carbons (Fsp3) is 0.267. The van der Waals surface area contributed by atoms with Gasteiger partial charge in [-0.25, -0.2) is 0 Å². The maximum Gasteiger partial charge on any atom is 0.416 e. The Bertz CT molecular complexity index is 1460. The second-order valence-corrected chi connectivity index (χ2v) is 9.58. The van der Waals surface area contributed by atoms with Crippen molar-refractivity contribution in [3.63, 3.8) is 0 Å². The molecule has 1 aromatic heterocycles. The summed E-state index contributed by atoms with van der Waals surface area (Å²) in [6.07, 6.45) is -2.88. The van der Waals surface area contributed by atoms with Gasteiger partial charge < -0.3 is 14.8 Å². The maximum absolute atomic E-state index is 13.1. The first-order valence-corrected chi connectivity index (χ1v) is 12.9. The number of benzene rings is 3. The number of rotatable bonds is 8. The zero-order valence-corrected chi connectivity index (χ0v) is 21.9. The van der Waals surface area contributed by atoms with Crippen molar-refractivity contribution in [2.45, 2.75) is 18.8 Å². The summed E-state index contributed by atoms with van der Waals surface area (Å²) >= 11 is 0. The predicted octanol–water partition coefficient (Wildman–Crippen LogP) is 5.64. The van der Waals surface area contributed by atoms with Gasteiger partial charge in [-0.3, -0.25) is 14.4 Å². The van der Waals surface area contributed by atoms with Crippen LogP contribution in [0.5, 0.6) is 5.75 Å². The minimum absolute atomic E-state index is 0.0358. The zero-order valence-electron chi connectivity index (χ0n) is 21.9. The molecule has 0 bridgehead atoms. The Hall–Kier alpha value is -4.15. The number of nitrogens with one attached hydrogen (secondary N) is 1. The second kappa shape index (κ2) is 11.9. The normalized spacial score (nSPS) is 16.1. The summed E-state index contributed by atoms with van der Waals surface area (Å²) in [6, 6.07) is 21.6. The van der Waals surface area contributed by atoms with Crippen LogP contribution in [0.2, 0.25) is 0 Å². The molecular formula is C30H29F3N4O3. The van der Waals surface area contributed by atoms with Crippen LogP contribution in [-0.2, 0) is 24.5 Å². The smallest absolute Gasteiger partial charge is 0.416 e. The van der Waals surface area contributed by atoms with E-state index < -0.39 is 17.6 Å². The summed E-state index contributed by atoms with van der Waals surface area (Å²) in [7, 11) is 1.80. The molecule has 10 heteroatoms. The topological polar surface area (TPSA) is 68.6 Å². The van der Waals surface area contributed by atoms with E-state index in [1.807, 2.05) is 24.3 Å². The minimum atomic E-state index is -4.54. The van der Waals surface area contributed by atoms with Gasteiger partial charge in [0, 0.05) is 43.1 Å². The van der Waals surface area contributed by atoms with Crippen LogP contribution in [0.4, 0.5) is 18.9 Å². The molecule has 1 unspecified atom stereocenters. The molecule has 40 heavy (non-hydrogen) atoms. The van der Waals surface area contributed by atoms with E-state index in [1.54, 1.807) is 36.1 Å². The Labute approximate surface area is 230 Å². The molecule has 1 fully saturated rings. The van der Waals surface area contributed by atoms with Crippen molar-refractivity contribution in [1.29, 1.82) is 0 Å². The van der Waals surface area contributed by atoms with Gasteiger partial charge in [0.25, 0.3) is 5.91 Å². The summed E-state index contributed by atoms with van der Waals surface area (Å²) in [5, 5.41) is 6.96. The fourth-order valence-corrected chi connectivity index (χ4v) is 4.67. The van der Waals surface area contributed by atoms with Gasteiger partial charge in [0.2, 0.25) is 0 Å². The standard InChI is InChI=1S/C30H29F3N4O3/c1-36-27(12-13-34-36)26-17-24(35-29(38)22-8-5-9-23(16-22)30(31,32)33)10-11-28(26)40-20-25-19-39-15-14-37(25)18-21-6-3-2-4-7-21/h2-13,16-17,25H,14-15,18-20H2,1H3,(H,35,38). The lowest BCUT2D eigenvalue weighted by atomic mass is 10.1. The third-order valence-electron chi connectivity index (χ3n) is 6.80. The number of alkyl halides is 3. The van der Waals surface area contributed by atoms with Gasteiger partial charge in [-0.15, -0.1) is 0 Å². The Morgan fingerprint density at radius 2 is 1.90 bits per heavy atom. The Morgan fingerprint density at radius 3 is 2.65 bits per heavy atom. The van der Waals surface area contributed by atoms with Gasteiger partial charge in [-0.2, -0.15) is 18.3 Å². The lowest BCUT2D eigenvalue weighted by Gasteiger charge is -2.35. The highest BCUT2D eigenvalue weighted by Crippen LogP contribution is 2.34. The molecule has 4 aromatic rings. The van der Waals surface area contributed by atoms with E-state index >= 15 is 0 Å². The number of anilines is 1. The van der Waals surface area contributed by atoms with Crippen LogP contribution in [0.25, 0.3) is 11.3 Å². The van der Waals surface area contributed by atoms with Gasteiger partial charge in [-0.05, 0) is 48.0 Å². The van der Waals surface area contributed by atoms with E-state index in [0.717, 1.165) is 30.9 Å². The van der Waals surface area contributed by atoms with Crippen LogP contribution in [0, 0.1) is 0 Å². The van der Waals surface area contributed by atoms with E-state index in [4.69, 9.17) is 9.47 Å². The number of aryl methyl sites for hydroxylation is 1. The first-order valence-electron chi connectivity index (χ1n) is 12.9. The Balaban J connectivity index is 1.35. The SMILES string of the molecule is Cn1nccc1-c1cc(NC(=O)c2cccc(C(F)(F)F)c2)ccc1OCC1COCCN1Cc1ccccc1. The van der Waals surface area contributed by atoms with Gasteiger partial charge in [0.05, 0.1) is 30.5 Å². The first-order chi connectivity index (χ1) is 19.3. The van der Waals surface area contributed by atoms with Crippen molar-refractivity contribution < 1.29 is 27.4 Å². The first kappa shape index (κ1) is 27.4. The molecule has 1 N–H and O–H groups in total. The Morgan fingerprint density at radius 1 is 1.07 bits per heavy atom. The number of hydrogen-bond donors (Lipinski definition) is 1. The molecule has 208 valence electrons. The molecule has 0 saturated carbocycles. The van der Waals surface area contributed by atoms with Crippen LogP contribution in [-0.4, -0.2) is 53.0 Å². The number of carbonyl (C=O) groups excluding carboxylic acids is 1. The minimum Gasteiger partial charge on any atom is -0.491 e. The summed E-state index contributed by atoms with van der Waals surface area (Å²) in [5.41, 5.74) is 2.10. The Kier molecular flexibility index (Phi) is 8.18. The third kappa shape index (κ3) is 6.52. The molecule has 7 nitrogen and oxygen atoms in total. The van der Waals surface area contributed by atoms with E-state index in [1.165, 1.54) is 17.7 Å². The van der Waals surface area contributed by atoms with Crippen LogP contribution < -0.4 is 10.1 Å². The van der Waals surface area contributed by atoms with E-state index in [9.17, 15) is 18.0 Å². The molecule has 1 aliphatic rings. The van der Waals surface area contributed by atoms with Crippen LogP contribution in [0.3, 0.4) is 0 Å². The van der Waals surface area contributed by atoms with Crippen molar-refractivity contribution in [3.05, 3.63) is 102 Å². The van der Waals surface area contributed by atoms with Crippen LogP contribution >= 0.6 is 0 Å². The average molecular weight is 551 g/mol. The number of ether oxygens (including phenoxy) is 2. The predicted molar refractivity (Wildman–Crippen MR) is 145 cm³/mol. The molecule has 1 aliphatic heterocycles. The van der Waals surface area contributed by atoms with Gasteiger partial charge in [0.1, 0.15) is 12.4 Å². The molecule has 5 rings (SSSR count). The fourth-order valence-electron chi connectivity index (χ4n) is 4.67. The van der Waals surface area contributed by atoms with Crippen molar-refractivity contribution in [2.75, 3.05) is 31.7 Å². The molecular weight excluding hydrogens is 521 g/mol. The molecule has 1 saturated heterocycles. The molecule has 1 atom stereocenters. The highest BCUT2D eigenvalue weighted by atomic mass is 19.4. The van der Waals surface area contributed by atoms with E-state index in [-0.39, 0.29) is 11.6 Å². The van der Waals surface area contributed by atoms with Gasteiger partial charge in [0.15, 0.2) is 0 Å². The molecule has 3 aromatic carbocycles. The third-order valence-corrected chi connectivity index (χ3v) is 6.80. The molecule has 1 amide bonds. The monoisotopic (exact) mass is 550 g/mol. The van der Waals surface area contributed by atoms with Crippen LogP contribution in [0.1, 0.15) is 21.5 Å². The number of nitrogens with zero attached hydrogens (tertiary/aromatic N) is 3. The van der Waals surface area contributed by atoms with Crippen molar-refractivity contribution in [1.82, 2.24) is 14.7 Å². The maximum atomic E-state index is 13.1. The lowest BCUT2D eigenvalue weighted by molar-refractivity contribution is -0.137. The molecule has 0 radical (unpaired) electrons. The zero-order chi connectivity index (χ0) is 28.1. The number of morpholine rings is 1. The molecule has 2 heterocycles. The lowest BCUT2D eigenvalue weighted by Crippen LogP contribution is -2.48. The summed E-state index contributed by atoms with van der Waals surface area (Å²) in [4.78, 5) is 15.2. The quantitative estimate of drug-likeness (QED) is 0.308. The van der Waals surface area contributed by atoms with Crippen molar-refractivity contribution in [3.8, 4) is 17.0 Å². The summed E-state index contributed by atoms with van der Waals surface area (Å²) < 4.78 is 53.1. The number of hydrogen-bond acceptors (Lipinski definition) is 5. The van der Waals surface area contributed by atoms with Gasteiger partial charge in [-0.1, -0.05) is 36.4 Å². The highest BCUT2D eigenvalue weighted by Gasteiger charge is 2.31. The van der Waals surface area contributed by atoms with Crippen molar-refractivity contribution >= 4 is 11.6 Å². The number of amides is 1. The number of aromatic nitrogens is 2. The van der Waals surface area contributed by atoms with E-state index in [0.29, 0.717) is 36.8 Å². The summed E-state index contributed by atoms with van der Waals surface area (Å²) in [5.74, 6) is -0.0578. The highest BCUT2D eigenvalue weighted by molar-refractivity contribution is 6.04. The van der Waals surface area contributed by atoms with Crippen molar-refractivity contribution in [2.24, 2.45) is 7.05 Å². The number of carbonyl (C=O) groups is 1. The largest absolute Gasteiger partial charge is 0.491 e. The molecule has 0 spiro atoms. The second-order valence-electron chi connectivity index (χ2n) is 9.58. The average Bonchev–Trinajstić information content (AvgIpc) is 3.38. The number of halogens is 3. The summed E-state index contributed by atoms with van der Waals surface area (Å²) in [6.45, 7) is 3.15. The van der Waals surface area contributed by atoms with Crippen LogP contribution in [0.15, 0.2) is 85.1 Å². The van der Waals surface area contributed by atoms with E-state index in [2.05, 4.69) is 27.4 Å².